The third-order valence-electron chi connectivity index (χ3n) is 2.59. The summed E-state index contributed by atoms with van der Waals surface area (Å²) in [6, 6.07) is 0.590. The Bertz CT molecular complexity index is 163. The van der Waals surface area contributed by atoms with Crippen molar-refractivity contribution in [2.45, 2.75) is 73.4 Å². The first-order chi connectivity index (χ1) is 6.03. The predicted molar refractivity (Wildman–Crippen MR) is 65.6 cm³/mol. The minimum atomic E-state index is 0.238. The molecule has 0 spiro atoms. The first-order valence-corrected chi connectivity index (χ1v) is 5.81. The average Bonchev–Trinajstić information content (AvgIpc) is 1.78. The molecule has 0 fully saturated rings. The van der Waals surface area contributed by atoms with E-state index in [0.29, 0.717) is 17.4 Å². The van der Waals surface area contributed by atoms with Crippen LogP contribution in [0.1, 0.15) is 61.8 Å². The highest BCUT2D eigenvalue weighted by Gasteiger charge is 2.26. The lowest BCUT2D eigenvalue weighted by Gasteiger charge is -2.37. The number of nitrogens with one attached hydrogen (secondary N) is 1. The molecule has 0 aliphatic carbocycles. The standard InChI is InChI=1S/C13H29N/c1-10(2)11(3)14-13(7,8)9-12(4,5)6/h10-11,14H,9H2,1-8H3/t11-/m0/s1. The van der Waals surface area contributed by atoms with Crippen LogP contribution in [0.15, 0.2) is 0 Å². The van der Waals surface area contributed by atoms with Crippen molar-refractivity contribution in [1.29, 1.82) is 0 Å². The van der Waals surface area contributed by atoms with Gasteiger partial charge in [-0.2, -0.15) is 0 Å². The van der Waals surface area contributed by atoms with E-state index in [-0.39, 0.29) is 5.54 Å². The van der Waals surface area contributed by atoms with Crippen molar-refractivity contribution in [1.82, 2.24) is 5.32 Å². The molecule has 0 radical (unpaired) electrons. The Morgan fingerprint density at radius 3 is 1.64 bits per heavy atom. The summed E-state index contributed by atoms with van der Waals surface area (Å²) in [6.45, 7) is 18.3. The number of hydrogen-bond acceptors (Lipinski definition) is 1. The molecule has 1 atom stereocenters. The van der Waals surface area contributed by atoms with E-state index < -0.39 is 0 Å². The third kappa shape index (κ3) is 6.42. The first-order valence-electron chi connectivity index (χ1n) is 5.81. The van der Waals surface area contributed by atoms with Crippen LogP contribution < -0.4 is 5.32 Å². The van der Waals surface area contributed by atoms with Crippen LogP contribution in [0.3, 0.4) is 0 Å². The minimum Gasteiger partial charge on any atom is -0.309 e. The lowest BCUT2D eigenvalue weighted by Crippen LogP contribution is -2.48. The summed E-state index contributed by atoms with van der Waals surface area (Å²) in [5, 5.41) is 3.71. The van der Waals surface area contributed by atoms with E-state index in [1.54, 1.807) is 0 Å². The van der Waals surface area contributed by atoms with Gasteiger partial charge in [0.05, 0.1) is 0 Å². The van der Waals surface area contributed by atoms with Crippen LogP contribution in [0.4, 0.5) is 0 Å². The van der Waals surface area contributed by atoms with E-state index in [4.69, 9.17) is 0 Å². The molecule has 0 aliphatic rings. The molecule has 0 saturated carbocycles. The molecule has 0 saturated heterocycles. The van der Waals surface area contributed by atoms with Gasteiger partial charge in [0.15, 0.2) is 0 Å². The SMILES string of the molecule is CC(C)[C@H](C)NC(C)(C)CC(C)(C)C. The van der Waals surface area contributed by atoms with Gasteiger partial charge >= 0.3 is 0 Å². The molecule has 0 aromatic carbocycles. The van der Waals surface area contributed by atoms with Gasteiger partial charge in [0.25, 0.3) is 0 Å². The molecule has 0 aromatic heterocycles. The van der Waals surface area contributed by atoms with Crippen molar-refractivity contribution < 1.29 is 0 Å². The van der Waals surface area contributed by atoms with E-state index in [2.05, 4.69) is 60.7 Å². The van der Waals surface area contributed by atoms with Gasteiger partial charge in [-0.3, -0.25) is 0 Å². The number of hydrogen-bond donors (Lipinski definition) is 1. The van der Waals surface area contributed by atoms with Crippen molar-refractivity contribution in [2.75, 3.05) is 0 Å². The second kappa shape index (κ2) is 4.65. The van der Waals surface area contributed by atoms with Gasteiger partial charge < -0.3 is 5.32 Å². The molecule has 1 heteroatoms. The van der Waals surface area contributed by atoms with E-state index >= 15 is 0 Å². The minimum absolute atomic E-state index is 0.238. The smallest absolute Gasteiger partial charge is 0.0132 e. The zero-order valence-electron chi connectivity index (χ0n) is 11.4. The lowest BCUT2D eigenvalue weighted by molar-refractivity contribution is 0.211. The van der Waals surface area contributed by atoms with Crippen molar-refractivity contribution in [3.63, 3.8) is 0 Å². The van der Waals surface area contributed by atoms with Crippen LogP contribution in [0.5, 0.6) is 0 Å². The molecule has 0 unspecified atom stereocenters. The maximum atomic E-state index is 3.71. The fourth-order valence-electron chi connectivity index (χ4n) is 2.16. The highest BCUT2D eigenvalue weighted by molar-refractivity contribution is 4.86. The van der Waals surface area contributed by atoms with Crippen LogP contribution in [-0.2, 0) is 0 Å². The lowest BCUT2D eigenvalue weighted by atomic mass is 9.81. The quantitative estimate of drug-likeness (QED) is 0.725. The van der Waals surface area contributed by atoms with Crippen molar-refractivity contribution in [2.24, 2.45) is 11.3 Å². The Hall–Kier alpha value is -0.0400. The van der Waals surface area contributed by atoms with E-state index in [9.17, 15) is 0 Å². The summed E-state index contributed by atoms with van der Waals surface area (Å²) in [7, 11) is 0. The zero-order valence-corrected chi connectivity index (χ0v) is 11.4. The van der Waals surface area contributed by atoms with Crippen LogP contribution in [0.25, 0.3) is 0 Å². The maximum Gasteiger partial charge on any atom is 0.0132 e. The van der Waals surface area contributed by atoms with Gasteiger partial charge in [-0.25, -0.2) is 0 Å². The van der Waals surface area contributed by atoms with Crippen LogP contribution in [0.2, 0.25) is 0 Å². The van der Waals surface area contributed by atoms with Gasteiger partial charge in [0.2, 0.25) is 0 Å². The van der Waals surface area contributed by atoms with Gasteiger partial charge in [-0.1, -0.05) is 34.6 Å². The van der Waals surface area contributed by atoms with Gasteiger partial charge in [0, 0.05) is 11.6 Å². The van der Waals surface area contributed by atoms with Gasteiger partial charge in [0.1, 0.15) is 0 Å². The molecule has 0 amide bonds. The summed E-state index contributed by atoms with van der Waals surface area (Å²) in [5.74, 6) is 0.703. The first kappa shape index (κ1) is 14.0. The highest BCUT2D eigenvalue weighted by atomic mass is 15.0. The predicted octanol–water partition coefficient (Wildman–Crippen LogP) is 3.84. The topological polar surface area (TPSA) is 12.0 Å². The maximum absolute atomic E-state index is 3.71. The molecule has 14 heavy (non-hydrogen) atoms. The second-order valence-corrected chi connectivity index (χ2v) is 6.80. The molecule has 1 nitrogen and oxygen atoms in total. The van der Waals surface area contributed by atoms with Gasteiger partial charge in [-0.15, -0.1) is 0 Å². The highest BCUT2D eigenvalue weighted by Crippen LogP contribution is 2.27. The Kier molecular flexibility index (Phi) is 4.64. The monoisotopic (exact) mass is 199 g/mol. The van der Waals surface area contributed by atoms with Gasteiger partial charge in [-0.05, 0) is 38.5 Å². The average molecular weight is 199 g/mol. The summed E-state index contributed by atoms with van der Waals surface area (Å²) in [4.78, 5) is 0. The summed E-state index contributed by atoms with van der Waals surface area (Å²) < 4.78 is 0. The van der Waals surface area contributed by atoms with E-state index in [1.807, 2.05) is 0 Å². The fraction of sp³-hybridized carbons (Fsp3) is 1.00. The van der Waals surface area contributed by atoms with Crippen molar-refractivity contribution in [3.8, 4) is 0 Å². The molecule has 0 bridgehead atoms. The number of rotatable bonds is 4. The van der Waals surface area contributed by atoms with Crippen LogP contribution in [0, 0.1) is 11.3 Å². The summed E-state index contributed by atoms with van der Waals surface area (Å²) in [6.07, 6.45) is 1.21. The van der Waals surface area contributed by atoms with Crippen LogP contribution in [-0.4, -0.2) is 11.6 Å². The third-order valence-corrected chi connectivity index (χ3v) is 2.59. The van der Waals surface area contributed by atoms with Crippen molar-refractivity contribution >= 4 is 0 Å². The molecule has 0 rings (SSSR count). The Morgan fingerprint density at radius 1 is 0.929 bits per heavy atom. The van der Waals surface area contributed by atoms with E-state index in [0.717, 1.165) is 0 Å². The molecule has 0 aliphatic heterocycles. The molecular weight excluding hydrogens is 170 g/mol. The second-order valence-electron chi connectivity index (χ2n) is 6.80. The summed E-state index contributed by atoms with van der Waals surface area (Å²) >= 11 is 0. The van der Waals surface area contributed by atoms with E-state index in [1.165, 1.54) is 6.42 Å². The normalized spacial score (nSPS) is 16.1. The largest absolute Gasteiger partial charge is 0.309 e. The van der Waals surface area contributed by atoms with Crippen LogP contribution >= 0.6 is 0 Å². The molecular formula is C13H29N. The molecule has 0 aromatic rings. The Balaban J connectivity index is 4.20. The molecule has 1 N–H and O–H groups in total. The molecule has 86 valence electrons. The Labute approximate surface area is 90.7 Å². The Morgan fingerprint density at radius 2 is 1.36 bits per heavy atom. The fourth-order valence-corrected chi connectivity index (χ4v) is 2.16. The van der Waals surface area contributed by atoms with Crippen molar-refractivity contribution in [3.05, 3.63) is 0 Å². The summed E-state index contributed by atoms with van der Waals surface area (Å²) in [5.41, 5.74) is 0.634. The zero-order chi connectivity index (χ0) is 11.6. The molecule has 0 heterocycles.